The van der Waals surface area contributed by atoms with Crippen LogP contribution in [0.2, 0.25) is 0 Å². The number of carbonyl (C=O) groups is 1. The molecule has 19 heavy (non-hydrogen) atoms. The predicted octanol–water partition coefficient (Wildman–Crippen LogP) is 2.05. The minimum atomic E-state index is -0.0780. The predicted molar refractivity (Wildman–Crippen MR) is 67.6 cm³/mol. The zero-order valence-corrected chi connectivity index (χ0v) is 11.8. The molecule has 0 N–H and O–H groups in total. The van der Waals surface area contributed by atoms with Gasteiger partial charge < -0.3 is 14.2 Å². The number of rotatable bonds is 0. The van der Waals surface area contributed by atoms with Gasteiger partial charge in [-0.25, -0.2) is 0 Å². The van der Waals surface area contributed by atoms with E-state index in [0.717, 1.165) is 25.7 Å². The summed E-state index contributed by atoms with van der Waals surface area (Å²) in [6.07, 6.45) is 4.58. The molecule has 0 aromatic rings. The minimum absolute atomic E-state index is 0.00123. The van der Waals surface area contributed by atoms with Gasteiger partial charge >= 0.3 is 5.97 Å². The fraction of sp³-hybridized carbons (Fsp3) is 0.933. The van der Waals surface area contributed by atoms with E-state index in [9.17, 15) is 4.79 Å². The summed E-state index contributed by atoms with van der Waals surface area (Å²) in [7, 11) is 0. The molecule has 3 heterocycles. The Morgan fingerprint density at radius 2 is 1.89 bits per heavy atom. The van der Waals surface area contributed by atoms with Crippen LogP contribution < -0.4 is 0 Å². The summed E-state index contributed by atoms with van der Waals surface area (Å²) in [6, 6.07) is 0. The summed E-state index contributed by atoms with van der Waals surface area (Å²) < 4.78 is 17.4. The molecule has 0 amide bonds. The van der Waals surface area contributed by atoms with Crippen LogP contribution in [-0.4, -0.2) is 35.5 Å². The first-order valence-corrected chi connectivity index (χ1v) is 7.47. The van der Waals surface area contributed by atoms with Crippen LogP contribution in [-0.2, 0) is 19.0 Å². The molecule has 4 rings (SSSR count). The molecule has 0 unspecified atom stereocenters. The van der Waals surface area contributed by atoms with Gasteiger partial charge in [-0.15, -0.1) is 0 Å². The van der Waals surface area contributed by atoms with Crippen LogP contribution in [0.5, 0.6) is 0 Å². The molecular weight excluding hydrogens is 244 g/mol. The summed E-state index contributed by atoms with van der Waals surface area (Å²) in [4.78, 5) is 11.9. The van der Waals surface area contributed by atoms with Crippen molar-refractivity contribution >= 4 is 5.97 Å². The molecule has 106 valence electrons. The van der Waals surface area contributed by atoms with Crippen LogP contribution in [0.25, 0.3) is 0 Å². The van der Waals surface area contributed by atoms with Gasteiger partial charge in [0.2, 0.25) is 0 Å². The number of carbonyl (C=O) groups excluding carboxylic acids is 1. The number of hydrogen-bond acceptors (Lipinski definition) is 4. The van der Waals surface area contributed by atoms with Gasteiger partial charge in [0, 0.05) is 12.3 Å². The van der Waals surface area contributed by atoms with Crippen LogP contribution in [0, 0.1) is 11.8 Å². The Hall–Kier alpha value is -0.610. The maximum Gasteiger partial charge on any atom is 0.309 e. The Kier molecular flexibility index (Phi) is 2.26. The van der Waals surface area contributed by atoms with E-state index in [1.54, 1.807) is 0 Å². The lowest BCUT2D eigenvalue weighted by atomic mass is 9.79. The second kappa shape index (κ2) is 3.53. The zero-order valence-electron chi connectivity index (χ0n) is 11.8. The third-order valence-corrected chi connectivity index (χ3v) is 5.83. The van der Waals surface area contributed by atoms with Gasteiger partial charge in [0.05, 0.1) is 29.3 Å². The van der Waals surface area contributed by atoms with Crippen LogP contribution in [0.4, 0.5) is 0 Å². The lowest BCUT2D eigenvalue weighted by Gasteiger charge is -2.22. The topological polar surface area (TPSA) is 51.4 Å². The Balaban J connectivity index is 1.60. The van der Waals surface area contributed by atoms with E-state index in [2.05, 4.69) is 13.8 Å². The summed E-state index contributed by atoms with van der Waals surface area (Å²) in [5.41, 5.74) is -0.0640. The molecule has 3 aliphatic heterocycles. The van der Waals surface area contributed by atoms with E-state index in [1.807, 2.05) is 6.92 Å². The van der Waals surface area contributed by atoms with Crippen LogP contribution in [0.1, 0.15) is 46.5 Å². The van der Waals surface area contributed by atoms with Gasteiger partial charge in [0.15, 0.2) is 0 Å². The summed E-state index contributed by atoms with van der Waals surface area (Å²) in [6.45, 7) is 6.34. The Morgan fingerprint density at radius 3 is 2.68 bits per heavy atom. The SMILES string of the molecule is C[C@@H]1C(=O)O[C@H]2C[C@]3(C)O[C@@H]3CC[C@@]3(C)O[C@H]3C[C@H]21. The second-order valence-electron chi connectivity index (χ2n) is 7.24. The Morgan fingerprint density at radius 1 is 1.16 bits per heavy atom. The molecule has 0 aromatic carbocycles. The monoisotopic (exact) mass is 266 g/mol. The van der Waals surface area contributed by atoms with Gasteiger partial charge in [-0.2, -0.15) is 0 Å². The Labute approximate surface area is 113 Å². The molecule has 1 aliphatic carbocycles. The summed E-state index contributed by atoms with van der Waals surface area (Å²) in [5, 5.41) is 0. The van der Waals surface area contributed by atoms with Crippen molar-refractivity contribution in [1.82, 2.24) is 0 Å². The van der Waals surface area contributed by atoms with Gasteiger partial charge in [-0.1, -0.05) is 6.92 Å². The molecule has 4 heteroatoms. The molecule has 0 aromatic heterocycles. The summed E-state index contributed by atoms with van der Waals surface area (Å²) >= 11 is 0. The van der Waals surface area contributed by atoms with E-state index in [4.69, 9.17) is 14.2 Å². The number of fused-ring (bicyclic) bond motifs is 3. The van der Waals surface area contributed by atoms with Crippen molar-refractivity contribution < 1.29 is 19.0 Å². The van der Waals surface area contributed by atoms with Crippen LogP contribution >= 0.6 is 0 Å². The normalized spacial score (nSPS) is 59.5. The first kappa shape index (κ1) is 12.2. The highest BCUT2D eigenvalue weighted by Crippen LogP contribution is 2.54. The van der Waals surface area contributed by atoms with Gasteiger partial charge in [-0.3, -0.25) is 4.79 Å². The third kappa shape index (κ3) is 1.76. The fourth-order valence-electron chi connectivity index (χ4n) is 4.10. The van der Waals surface area contributed by atoms with Crippen LogP contribution in [0.15, 0.2) is 0 Å². The second-order valence-corrected chi connectivity index (χ2v) is 7.24. The fourth-order valence-corrected chi connectivity index (χ4v) is 4.10. The molecule has 0 bridgehead atoms. The molecular formula is C15H22O4. The molecule has 4 aliphatic rings. The largest absolute Gasteiger partial charge is 0.462 e. The van der Waals surface area contributed by atoms with Crippen molar-refractivity contribution in [3.05, 3.63) is 0 Å². The molecule has 4 fully saturated rings. The molecule has 7 atom stereocenters. The van der Waals surface area contributed by atoms with E-state index < -0.39 is 0 Å². The highest BCUT2D eigenvalue weighted by molar-refractivity contribution is 5.74. The summed E-state index contributed by atoms with van der Waals surface area (Å²) in [5.74, 6) is 0.246. The standard InChI is InChI=1S/C15H22O4/c1-8-9-6-12-14(2,19-12)5-4-11-15(3,18-11)7-10(9)17-13(8)16/h8-12H,4-7H2,1-3H3/t8-,9-,10-,11+,12-,14+,15-/m0/s1. The molecule has 0 spiro atoms. The molecule has 0 radical (unpaired) electrons. The van der Waals surface area contributed by atoms with Gasteiger partial charge in [-0.05, 0) is 33.1 Å². The Bertz CT molecular complexity index is 436. The van der Waals surface area contributed by atoms with Crippen molar-refractivity contribution in [3.8, 4) is 0 Å². The van der Waals surface area contributed by atoms with Crippen molar-refractivity contribution in [2.24, 2.45) is 11.8 Å². The van der Waals surface area contributed by atoms with E-state index in [1.165, 1.54) is 0 Å². The van der Waals surface area contributed by atoms with Crippen LogP contribution in [0.3, 0.4) is 0 Å². The average Bonchev–Trinajstić information content (AvgIpc) is 3.15. The highest BCUT2D eigenvalue weighted by atomic mass is 16.6. The van der Waals surface area contributed by atoms with E-state index >= 15 is 0 Å². The number of esters is 1. The number of ether oxygens (including phenoxy) is 3. The lowest BCUT2D eigenvalue weighted by Crippen LogP contribution is -2.30. The molecule has 1 saturated carbocycles. The van der Waals surface area contributed by atoms with Gasteiger partial charge in [0.25, 0.3) is 0 Å². The van der Waals surface area contributed by atoms with E-state index in [-0.39, 0.29) is 29.2 Å². The van der Waals surface area contributed by atoms with E-state index in [0.29, 0.717) is 18.1 Å². The van der Waals surface area contributed by atoms with Gasteiger partial charge in [0.1, 0.15) is 6.10 Å². The quantitative estimate of drug-likeness (QED) is 0.497. The van der Waals surface area contributed by atoms with Crippen molar-refractivity contribution in [3.63, 3.8) is 0 Å². The third-order valence-electron chi connectivity index (χ3n) is 5.83. The highest BCUT2D eigenvalue weighted by Gasteiger charge is 2.62. The zero-order chi connectivity index (χ0) is 13.4. The smallest absolute Gasteiger partial charge is 0.309 e. The maximum atomic E-state index is 11.9. The van der Waals surface area contributed by atoms with Crippen molar-refractivity contribution in [2.75, 3.05) is 0 Å². The van der Waals surface area contributed by atoms with Crippen molar-refractivity contribution in [2.45, 2.75) is 76.0 Å². The van der Waals surface area contributed by atoms with Crippen molar-refractivity contribution in [1.29, 1.82) is 0 Å². The number of epoxide rings is 2. The minimum Gasteiger partial charge on any atom is -0.462 e. The first-order valence-electron chi connectivity index (χ1n) is 7.47. The first-order chi connectivity index (χ1) is 8.91. The lowest BCUT2D eigenvalue weighted by molar-refractivity contribution is -0.144. The molecule has 3 saturated heterocycles. The average molecular weight is 266 g/mol. The number of hydrogen-bond donors (Lipinski definition) is 0. The molecule has 4 nitrogen and oxygen atoms in total. The maximum absolute atomic E-state index is 11.9.